The molecule has 0 saturated carbocycles. The number of hydrogen-bond acceptors (Lipinski definition) is 4. The summed E-state index contributed by atoms with van der Waals surface area (Å²) in [6.07, 6.45) is 4.40. The summed E-state index contributed by atoms with van der Waals surface area (Å²) in [5.41, 5.74) is 1.05. The number of rotatable bonds is 6. The first kappa shape index (κ1) is 14.6. The van der Waals surface area contributed by atoms with Gasteiger partial charge in [0.15, 0.2) is 5.22 Å². The molecule has 4 nitrogen and oxygen atoms in total. The third-order valence-electron chi connectivity index (χ3n) is 3.61. The molecule has 0 aliphatic carbocycles. The van der Waals surface area contributed by atoms with E-state index in [1.54, 1.807) is 6.07 Å². The lowest BCUT2D eigenvalue weighted by Gasteiger charge is -2.23. The Labute approximate surface area is 129 Å². The number of aromatic nitrogens is 1. The van der Waals surface area contributed by atoms with Gasteiger partial charge < -0.3 is 9.15 Å². The lowest BCUT2D eigenvalue weighted by Crippen LogP contribution is -2.31. The average Bonchev–Trinajstić information content (AvgIpc) is 3.12. The fourth-order valence-corrected chi connectivity index (χ4v) is 2.80. The number of nitrogens with zero attached hydrogens (tertiary/aromatic N) is 2. The van der Waals surface area contributed by atoms with E-state index in [2.05, 4.69) is 9.88 Å². The molecule has 3 rings (SSSR count). The van der Waals surface area contributed by atoms with E-state index in [-0.39, 0.29) is 0 Å². The van der Waals surface area contributed by atoms with Gasteiger partial charge in [-0.05, 0) is 48.7 Å². The second kappa shape index (κ2) is 7.07. The zero-order valence-corrected chi connectivity index (χ0v) is 12.6. The summed E-state index contributed by atoms with van der Waals surface area (Å²) in [6, 6.07) is 9.68. The van der Waals surface area contributed by atoms with Crippen molar-refractivity contribution >= 4 is 11.6 Å². The van der Waals surface area contributed by atoms with Gasteiger partial charge in [0.1, 0.15) is 5.76 Å². The van der Waals surface area contributed by atoms with E-state index in [0.717, 1.165) is 44.0 Å². The van der Waals surface area contributed by atoms with E-state index in [4.69, 9.17) is 20.8 Å². The van der Waals surface area contributed by atoms with Crippen molar-refractivity contribution in [2.45, 2.75) is 32.0 Å². The normalized spacial score (nSPS) is 18.5. The van der Waals surface area contributed by atoms with Crippen LogP contribution >= 0.6 is 11.6 Å². The molecular weight excluding hydrogens is 288 g/mol. The van der Waals surface area contributed by atoms with Crippen LogP contribution in [0.5, 0.6) is 0 Å². The second-order valence-electron chi connectivity index (χ2n) is 5.33. The number of pyridine rings is 1. The topological polar surface area (TPSA) is 38.5 Å². The monoisotopic (exact) mass is 306 g/mol. The zero-order chi connectivity index (χ0) is 14.5. The molecule has 1 atom stereocenters. The van der Waals surface area contributed by atoms with Crippen molar-refractivity contribution in [2.75, 3.05) is 13.2 Å². The number of furan rings is 1. The molecule has 5 heteroatoms. The summed E-state index contributed by atoms with van der Waals surface area (Å²) >= 11 is 5.85. The lowest BCUT2D eigenvalue weighted by molar-refractivity contribution is 0.0651. The van der Waals surface area contributed by atoms with Gasteiger partial charge in [0.25, 0.3) is 0 Å². The van der Waals surface area contributed by atoms with Gasteiger partial charge in [-0.25, -0.2) is 0 Å². The maximum atomic E-state index is 5.85. The predicted molar refractivity (Wildman–Crippen MR) is 81.0 cm³/mol. The Hall–Kier alpha value is -1.36. The van der Waals surface area contributed by atoms with Crippen LogP contribution in [0.3, 0.4) is 0 Å². The first-order valence-electron chi connectivity index (χ1n) is 7.28. The van der Waals surface area contributed by atoms with Crippen molar-refractivity contribution in [3.05, 3.63) is 53.2 Å². The molecule has 0 amide bonds. The molecule has 112 valence electrons. The van der Waals surface area contributed by atoms with Crippen molar-refractivity contribution in [1.29, 1.82) is 0 Å². The Morgan fingerprint density at radius 1 is 1.24 bits per heavy atom. The zero-order valence-electron chi connectivity index (χ0n) is 11.9. The van der Waals surface area contributed by atoms with Crippen LogP contribution in [0.1, 0.15) is 24.3 Å². The van der Waals surface area contributed by atoms with Gasteiger partial charge in [-0.15, -0.1) is 0 Å². The molecule has 0 radical (unpaired) electrons. The molecule has 21 heavy (non-hydrogen) atoms. The molecule has 1 aliphatic heterocycles. The average molecular weight is 307 g/mol. The van der Waals surface area contributed by atoms with Crippen molar-refractivity contribution in [2.24, 2.45) is 0 Å². The number of halogens is 1. The molecule has 0 N–H and O–H groups in total. The highest BCUT2D eigenvalue weighted by Crippen LogP contribution is 2.19. The molecule has 2 aromatic heterocycles. The molecular formula is C16H19ClN2O2. The second-order valence-corrected chi connectivity index (χ2v) is 5.70. The molecule has 3 heterocycles. The van der Waals surface area contributed by atoms with E-state index in [1.807, 2.05) is 30.5 Å². The highest BCUT2D eigenvalue weighted by Gasteiger charge is 2.20. The molecule has 2 aromatic rings. The Morgan fingerprint density at radius 3 is 2.86 bits per heavy atom. The summed E-state index contributed by atoms with van der Waals surface area (Å²) in [6.45, 7) is 3.24. The molecule has 1 fully saturated rings. The van der Waals surface area contributed by atoms with Crippen LogP contribution in [0.2, 0.25) is 5.22 Å². The number of ether oxygens (including phenoxy) is 1. The first-order valence-corrected chi connectivity index (χ1v) is 7.65. The van der Waals surface area contributed by atoms with Gasteiger partial charge in [0.2, 0.25) is 0 Å². The molecule has 1 saturated heterocycles. The molecule has 0 unspecified atom stereocenters. The highest BCUT2D eigenvalue weighted by atomic mass is 35.5. The summed E-state index contributed by atoms with van der Waals surface area (Å²) in [7, 11) is 0. The van der Waals surface area contributed by atoms with Gasteiger partial charge in [0, 0.05) is 25.9 Å². The Kier molecular flexibility index (Phi) is 4.91. The summed E-state index contributed by atoms with van der Waals surface area (Å²) < 4.78 is 11.2. The Morgan fingerprint density at radius 2 is 2.19 bits per heavy atom. The maximum Gasteiger partial charge on any atom is 0.193 e. The van der Waals surface area contributed by atoms with Gasteiger partial charge >= 0.3 is 0 Å². The van der Waals surface area contributed by atoms with E-state index in [1.165, 1.54) is 0 Å². The van der Waals surface area contributed by atoms with Gasteiger partial charge in [-0.2, -0.15) is 0 Å². The Bertz CT molecular complexity index is 552. The molecule has 0 spiro atoms. The minimum atomic E-state index is 0.305. The number of hydrogen-bond donors (Lipinski definition) is 0. The van der Waals surface area contributed by atoms with Crippen molar-refractivity contribution < 1.29 is 9.15 Å². The maximum absolute atomic E-state index is 5.85. The third-order valence-corrected chi connectivity index (χ3v) is 3.81. The largest absolute Gasteiger partial charge is 0.448 e. The lowest BCUT2D eigenvalue weighted by atomic mass is 10.2. The van der Waals surface area contributed by atoms with Crippen LogP contribution < -0.4 is 0 Å². The van der Waals surface area contributed by atoms with E-state index in [0.29, 0.717) is 17.9 Å². The predicted octanol–water partition coefficient (Wildman–Crippen LogP) is 3.51. The van der Waals surface area contributed by atoms with Crippen molar-refractivity contribution in [3.63, 3.8) is 0 Å². The van der Waals surface area contributed by atoms with Crippen LogP contribution in [0.25, 0.3) is 0 Å². The molecule has 1 aliphatic rings. The molecule has 0 aromatic carbocycles. The van der Waals surface area contributed by atoms with E-state index in [9.17, 15) is 0 Å². The fourth-order valence-electron chi connectivity index (χ4n) is 2.64. The van der Waals surface area contributed by atoms with Crippen molar-refractivity contribution in [3.8, 4) is 0 Å². The highest BCUT2D eigenvalue weighted by molar-refractivity contribution is 6.28. The van der Waals surface area contributed by atoms with Crippen LogP contribution in [0.4, 0.5) is 0 Å². The summed E-state index contributed by atoms with van der Waals surface area (Å²) in [5, 5.41) is 0.430. The van der Waals surface area contributed by atoms with Crippen molar-refractivity contribution in [1.82, 2.24) is 9.88 Å². The summed E-state index contributed by atoms with van der Waals surface area (Å²) in [4.78, 5) is 6.70. The third kappa shape index (κ3) is 4.30. The first-order chi connectivity index (χ1) is 10.3. The van der Waals surface area contributed by atoms with Crippen LogP contribution in [0, 0.1) is 0 Å². The quantitative estimate of drug-likeness (QED) is 0.818. The van der Waals surface area contributed by atoms with E-state index >= 15 is 0 Å². The Balaban J connectivity index is 1.67. The minimum Gasteiger partial charge on any atom is -0.448 e. The summed E-state index contributed by atoms with van der Waals surface area (Å²) in [5.74, 6) is 0.869. The minimum absolute atomic E-state index is 0.305. The van der Waals surface area contributed by atoms with Gasteiger partial charge in [0.05, 0.1) is 18.3 Å². The van der Waals surface area contributed by atoms with Crippen LogP contribution in [-0.4, -0.2) is 29.1 Å². The molecule has 0 bridgehead atoms. The van der Waals surface area contributed by atoms with Gasteiger partial charge in [-0.1, -0.05) is 6.07 Å². The SMILES string of the molecule is Clc1ccc(CN(Cc2ccccn2)C[C@H]2CCCO2)o1. The smallest absolute Gasteiger partial charge is 0.193 e. The van der Waals surface area contributed by atoms with Crippen LogP contribution in [0.15, 0.2) is 40.9 Å². The van der Waals surface area contributed by atoms with Crippen LogP contribution in [-0.2, 0) is 17.8 Å². The fraction of sp³-hybridized carbons (Fsp3) is 0.438. The standard InChI is InChI=1S/C16H19ClN2O2/c17-16-7-6-15(21-16)12-19(11-14-5-3-9-20-14)10-13-4-1-2-8-18-13/h1-2,4,6-8,14H,3,5,9-12H2/t14-/m1/s1. The van der Waals surface area contributed by atoms with E-state index < -0.39 is 0 Å². The van der Waals surface area contributed by atoms with Gasteiger partial charge in [-0.3, -0.25) is 9.88 Å².